The molecule has 2 aliphatic carbocycles. The normalized spacial score (nSPS) is 34.3. The molecule has 0 aliphatic heterocycles. The van der Waals surface area contributed by atoms with Crippen LogP contribution in [0.4, 0.5) is 8.78 Å². The van der Waals surface area contributed by atoms with Gasteiger partial charge in [0, 0.05) is 12.8 Å². The van der Waals surface area contributed by atoms with Crippen LogP contribution < -0.4 is 0 Å². The van der Waals surface area contributed by atoms with Crippen molar-refractivity contribution in [2.75, 3.05) is 0 Å². The van der Waals surface area contributed by atoms with Gasteiger partial charge in [0.25, 0.3) is 5.92 Å². The smallest absolute Gasteiger partial charge is 0.275 e. The highest BCUT2D eigenvalue weighted by Gasteiger charge is 2.51. The van der Waals surface area contributed by atoms with Crippen LogP contribution in [0.15, 0.2) is 36.0 Å². The minimum absolute atomic E-state index is 0.0470. The molecular formula is C25H40F2O3. The van der Waals surface area contributed by atoms with Gasteiger partial charge in [-0.05, 0) is 73.8 Å². The van der Waals surface area contributed by atoms with Gasteiger partial charge in [0.05, 0.1) is 12.2 Å². The van der Waals surface area contributed by atoms with Crippen molar-refractivity contribution in [2.24, 2.45) is 16.7 Å². The number of alkyl halides is 2. The summed E-state index contributed by atoms with van der Waals surface area (Å²) in [5.41, 5.74) is -0.541. The molecule has 2 fully saturated rings. The minimum atomic E-state index is -3.09. The molecule has 0 saturated heterocycles. The fourth-order valence-electron chi connectivity index (χ4n) is 4.96. The van der Waals surface area contributed by atoms with E-state index in [2.05, 4.69) is 33.4 Å². The highest BCUT2D eigenvalue weighted by molar-refractivity contribution is 5.37. The van der Waals surface area contributed by atoms with E-state index in [1.54, 1.807) is 0 Å². The zero-order chi connectivity index (χ0) is 23.0. The van der Waals surface area contributed by atoms with Gasteiger partial charge in [-0.2, -0.15) is 0 Å². The number of hydrogen-bond donors (Lipinski definition) is 3. The lowest BCUT2D eigenvalue weighted by molar-refractivity contribution is -0.167. The van der Waals surface area contributed by atoms with E-state index in [1.807, 2.05) is 12.2 Å². The Bertz CT molecular complexity index is 687. The second-order valence-corrected chi connectivity index (χ2v) is 10.8. The van der Waals surface area contributed by atoms with Crippen LogP contribution in [0, 0.1) is 16.7 Å². The van der Waals surface area contributed by atoms with Crippen LogP contribution in [-0.2, 0) is 0 Å². The SMILES string of the molecule is C=C1/C(=C\C=C\[C@@H]2CC[C@](C)(CCCC(F)(F)C(C)(C)O)C2(C)C)C[C@@H](O)C[C@@H]1O. The van der Waals surface area contributed by atoms with Crippen molar-refractivity contribution < 1.29 is 24.1 Å². The van der Waals surface area contributed by atoms with Crippen molar-refractivity contribution in [1.29, 1.82) is 0 Å². The van der Waals surface area contributed by atoms with Crippen LogP contribution in [0.25, 0.3) is 0 Å². The first kappa shape index (κ1) is 25.2. The van der Waals surface area contributed by atoms with Crippen molar-refractivity contribution in [3.63, 3.8) is 0 Å². The summed E-state index contributed by atoms with van der Waals surface area (Å²) in [6.07, 6.45) is 8.45. The van der Waals surface area contributed by atoms with Gasteiger partial charge in [-0.15, -0.1) is 0 Å². The van der Waals surface area contributed by atoms with Gasteiger partial charge in [0.15, 0.2) is 0 Å². The number of hydrogen-bond acceptors (Lipinski definition) is 3. The second kappa shape index (κ2) is 8.84. The molecular weight excluding hydrogens is 386 g/mol. The van der Waals surface area contributed by atoms with Crippen molar-refractivity contribution >= 4 is 0 Å². The molecule has 0 aromatic heterocycles. The van der Waals surface area contributed by atoms with Crippen LogP contribution in [0.3, 0.4) is 0 Å². The number of aliphatic hydroxyl groups excluding tert-OH is 2. The van der Waals surface area contributed by atoms with Gasteiger partial charge < -0.3 is 15.3 Å². The van der Waals surface area contributed by atoms with Gasteiger partial charge in [-0.1, -0.05) is 45.6 Å². The standard InChI is InChI=1S/C25H40F2O3/c1-17-18(15-20(28)16-21(17)29)9-7-10-19-11-14-24(6,22(19,2)3)12-8-13-25(26,27)23(4,5)30/h7,9-10,19-21,28-30H,1,8,11-16H2,2-6H3/b10-7+,18-9-/t19-,20-,21+,24+/m1/s1. The Morgan fingerprint density at radius 1 is 1.20 bits per heavy atom. The topological polar surface area (TPSA) is 60.7 Å². The molecule has 0 bridgehead atoms. The second-order valence-electron chi connectivity index (χ2n) is 10.8. The molecule has 2 aliphatic rings. The van der Waals surface area contributed by atoms with E-state index in [0.717, 1.165) is 18.4 Å². The average molecular weight is 427 g/mol. The summed E-state index contributed by atoms with van der Waals surface area (Å²) in [7, 11) is 0. The van der Waals surface area contributed by atoms with Crippen LogP contribution in [0.5, 0.6) is 0 Å². The zero-order valence-corrected chi connectivity index (χ0v) is 19.2. The zero-order valence-electron chi connectivity index (χ0n) is 19.2. The van der Waals surface area contributed by atoms with Crippen molar-refractivity contribution in [2.45, 2.75) is 103 Å². The third-order valence-electron chi connectivity index (χ3n) is 8.01. The van der Waals surface area contributed by atoms with E-state index in [9.17, 15) is 24.1 Å². The molecule has 3 N–H and O–H groups in total. The average Bonchev–Trinajstić information content (AvgIpc) is 2.81. The molecule has 172 valence electrons. The monoisotopic (exact) mass is 426 g/mol. The maximum Gasteiger partial charge on any atom is 0.275 e. The summed E-state index contributed by atoms with van der Waals surface area (Å²) in [5.74, 6) is -2.77. The number of allylic oxidation sites excluding steroid dienone is 3. The predicted molar refractivity (Wildman–Crippen MR) is 117 cm³/mol. The molecule has 5 heteroatoms. The first-order valence-electron chi connectivity index (χ1n) is 11.1. The molecule has 2 saturated carbocycles. The summed E-state index contributed by atoms with van der Waals surface area (Å²) in [4.78, 5) is 0. The maximum absolute atomic E-state index is 14.1. The Morgan fingerprint density at radius 3 is 2.43 bits per heavy atom. The largest absolute Gasteiger partial charge is 0.393 e. The fraction of sp³-hybridized carbons (Fsp3) is 0.760. The van der Waals surface area contributed by atoms with Gasteiger partial charge in [-0.3, -0.25) is 0 Å². The Balaban J connectivity index is 2.01. The molecule has 4 atom stereocenters. The Kier molecular flexibility index (Phi) is 7.43. The van der Waals surface area contributed by atoms with E-state index < -0.39 is 23.7 Å². The molecule has 0 amide bonds. The van der Waals surface area contributed by atoms with Gasteiger partial charge >= 0.3 is 0 Å². The van der Waals surface area contributed by atoms with Gasteiger partial charge in [0.2, 0.25) is 0 Å². The number of halogens is 2. The molecule has 0 aromatic carbocycles. The lowest BCUT2D eigenvalue weighted by atomic mass is 9.63. The summed E-state index contributed by atoms with van der Waals surface area (Å²) in [5, 5.41) is 29.6. The molecule has 0 radical (unpaired) electrons. The third-order valence-corrected chi connectivity index (χ3v) is 8.01. The third kappa shape index (κ3) is 5.23. The first-order chi connectivity index (χ1) is 13.6. The number of aliphatic hydroxyl groups is 3. The quantitative estimate of drug-likeness (QED) is 0.499. The van der Waals surface area contributed by atoms with Crippen molar-refractivity contribution in [3.8, 4) is 0 Å². The van der Waals surface area contributed by atoms with Crippen molar-refractivity contribution in [1.82, 2.24) is 0 Å². The van der Waals surface area contributed by atoms with E-state index in [0.29, 0.717) is 37.2 Å². The van der Waals surface area contributed by atoms with Crippen molar-refractivity contribution in [3.05, 3.63) is 36.0 Å². The van der Waals surface area contributed by atoms with Crippen LogP contribution in [0.1, 0.15) is 79.6 Å². The van der Waals surface area contributed by atoms with E-state index in [1.165, 1.54) is 13.8 Å². The van der Waals surface area contributed by atoms with Crippen LogP contribution in [0.2, 0.25) is 0 Å². The fourth-order valence-corrected chi connectivity index (χ4v) is 4.96. The lowest BCUT2D eigenvalue weighted by Gasteiger charge is -2.42. The van der Waals surface area contributed by atoms with E-state index >= 15 is 0 Å². The van der Waals surface area contributed by atoms with E-state index in [4.69, 9.17) is 0 Å². The number of rotatable bonds is 7. The molecule has 0 aromatic rings. The Labute approximate surface area is 180 Å². The summed E-state index contributed by atoms with van der Waals surface area (Å²) in [6.45, 7) is 12.9. The lowest BCUT2D eigenvalue weighted by Crippen LogP contribution is -2.43. The van der Waals surface area contributed by atoms with Crippen LogP contribution >= 0.6 is 0 Å². The molecule has 0 unspecified atom stereocenters. The summed E-state index contributed by atoms with van der Waals surface area (Å²) < 4.78 is 28.2. The van der Waals surface area contributed by atoms with E-state index in [-0.39, 0.29) is 17.3 Å². The van der Waals surface area contributed by atoms with Gasteiger partial charge in [0.1, 0.15) is 5.60 Å². The van der Waals surface area contributed by atoms with Crippen LogP contribution in [-0.4, -0.2) is 39.1 Å². The molecule has 0 spiro atoms. The molecule has 30 heavy (non-hydrogen) atoms. The van der Waals surface area contributed by atoms with Gasteiger partial charge in [-0.25, -0.2) is 8.78 Å². The predicted octanol–water partition coefficient (Wildman–Crippen LogP) is 5.56. The molecule has 2 rings (SSSR count). The molecule has 3 nitrogen and oxygen atoms in total. The highest BCUT2D eigenvalue weighted by atomic mass is 19.3. The first-order valence-corrected chi connectivity index (χ1v) is 11.1. The Hall–Kier alpha value is -1.04. The Morgan fingerprint density at radius 2 is 1.83 bits per heavy atom. The maximum atomic E-state index is 14.1. The minimum Gasteiger partial charge on any atom is -0.393 e. The highest BCUT2D eigenvalue weighted by Crippen LogP contribution is 2.59. The molecule has 0 heterocycles. The summed E-state index contributed by atoms with van der Waals surface area (Å²) >= 11 is 0. The summed E-state index contributed by atoms with van der Waals surface area (Å²) in [6, 6.07) is 0.